The van der Waals surface area contributed by atoms with Crippen molar-refractivity contribution in [3.8, 4) is 0 Å². The number of carbonyl (C=O) groups is 1. The number of nitrogen functional groups attached to an aromatic ring is 1. The summed E-state index contributed by atoms with van der Waals surface area (Å²) in [7, 11) is 1.77. The van der Waals surface area contributed by atoms with Gasteiger partial charge in [0.1, 0.15) is 5.82 Å². The van der Waals surface area contributed by atoms with Crippen molar-refractivity contribution < 1.29 is 9.90 Å². The van der Waals surface area contributed by atoms with Crippen LogP contribution >= 0.6 is 0 Å². The number of carboxylic acid groups (broad SMARTS) is 1. The number of nitrogens with one attached hydrogen (secondary N) is 1. The fraction of sp³-hybridized carbons (Fsp3) is 0.200. The van der Waals surface area contributed by atoms with Gasteiger partial charge in [0.2, 0.25) is 0 Å². The van der Waals surface area contributed by atoms with Gasteiger partial charge in [-0.1, -0.05) is 0 Å². The van der Waals surface area contributed by atoms with Crippen molar-refractivity contribution in [2.75, 3.05) is 12.8 Å². The van der Waals surface area contributed by atoms with Gasteiger partial charge in [0.05, 0.1) is 12.1 Å². The number of carboxylic acids is 1. The third kappa shape index (κ3) is 1.59. The number of nitrogens with zero attached hydrogens (tertiary/aromatic N) is 2. The van der Waals surface area contributed by atoms with Crippen LogP contribution in [0.3, 0.4) is 0 Å². The van der Waals surface area contributed by atoms with Crippen LogP contribution in [0.1, 0.15) is 16.3 Å². The lowest BCUT2D eigenvalue weighted by Crippen LogP contribution is -2.09. The number of anilines is 1. The van der Waals surface area contributed by atoms with Gasteiger partial charge < -0.3 is 16.2 Å². The molecule has 0 spiro atoms. The van der Waals surface area contributed by atoms with Crippen LogP contribution in [0, 0.1) is 0 Å². The van der Waals surface area contributed by atoms with Crippen LogP contribution in [0.15, 0.2) is 18.3 Å². The molecule has 0 aliphatic heterocycles. The molecule has 0 saturated heterocycles. The van der Waals surface area contributed by atoms with Crippen LogP contribution in [0.5, 0.6) is 0 Å². The summed E-state index contributed by atoms with van der Waals surface area (Å²) in [4.78, 5) is 15.1. The van der Waals surface area contributed by atoms with Crippen molar-refractivity contribution in [1.82, 2.24) is 14.7 Å². The smallest absolute Gasteiger partial charge is 0.356 e. The highest BCUT2D eigenvalue weighted by molar-refractivity contribution is 5.93. The van der Waals surface area contributed by atoms with Crippen molar-refractivity contribution in [3.05, 3.63) is 29.8 Å². The first kappa shape index (κ1) is 10.4. The molecular weight excluding hydrogens is 208 g/mol. The van der Waals surface area contributed by atoms with Crippen molar-refractivity contribution in [2.45, 2.75) is 6.54 Å². The molecule has 2 aromatic rings. The summed E-state index contributed by atoms with van der Waals surface area (Å²) in [6.45, 7) is 0.484. The number of rotatable bonds is 3. The van der Waals surface area contributed by atoms with E-state index in [0.29, 0.717) is 23.6 Å². The SMILES string of the molecule is CNCc1nc(C(=O)O)c2ccc(N)cn12. The molecule has 6 heteroatoms. The van der Waals surface area contributed by atoms with Crippen LogP contribution in [0.4, 0.5) is 5.69 Å². The van der Waals surface area contributed by atoms with Crippen molar-refractivity contribution in [3.63, 3.8) is 0 Å². The van der Waals surface area contributed by atoms with E-state index in [2.05, 4.69) is 10.3 Å². The van der Waals surface area contributed by atoms with Crippen LogP contribution in [-0.4, -0.2) is 27.5 Å². The predicted molar refractivity (Wildman–Crippen MR) is 59.3 cm³/mol. The molecule has 2 aromatic heterocycles. The fourth-order valence-electron chi connectivity index (χ4n) is 1.60. The van der Waals surface area contributed by atoms with Crippen LogP contribution < -0.4 is 11.1 Å². The Morgan fingerprint density at radius 1 is 1.62 bits per heavy atom. The molecule has 0 amide bonds. The number of fused-ring (bicyclic) bond motifs is 1. The topological polar surface area (TPSA) is 92.6 Å². The number of imidazole rings is 1. The number of hydrogen-bond acceptors (Lipinski definition) is 4. The zero-order valence-corrected chi connectivity index (χ0v) is 8.77. The van der Waals surface area contributed by atoms with E-state index in [1.165, 1.54) is 0 Å². The standard InChI is InChI=1S/C10H12N4O2/c1-12-4-8-13-9(10(15)16)7-3-2-6(11)5-14(7)8/h2-3,5,12H,4,11H2,1H3,(H,15,16). The lowest BCUT2D eigenvalue weighted by molar-refractivity contribution is 0.0693. The Bertz CT molecular complexity index is 547. The van der Waals surface area contributed by atoms with E-state index in [4.69, 9.17) is 10.8 Å². The summed E-state index contributed by atoms with van der Waals surface area (Å²) in [5.41, 5.74) is 6.82. The highest BCUT2D eigenvalue weighted by Crippen LogP contribution is 2.15. The largest absolute Gasteiger partial charge is 0.476 e. The van der Waals surface area contributed by atoms with E-state index in [1.807, 2.05) is 0 Å². The monoisotopic (exact) mass is 220 g/mol. The van der Waals surface area contributed by atoms with Gasteiger partial charge >= 0.3 is 5.97 Å². The van der Waals surface area contributed by atoms with E-state index < -0.39 is 5.97 Å². The molecule has 0 saturated carbocycles. The second-order valence-corrected chi connectivity index (χ2v) is 3.43. The van der Waals surface area contributed by atoms with Crippen molar-refractivity contribution in [2.24, 2.45) is 0 Å². The van der Waals surface area contributed by atoms with Gasteiger partial charge in [0.15, 0.2) is 5.69 Å². The maximum absolute atomic E-state index is 11.0. The summed E-state index contributed by atoms with van der Waals surface area (Å²) in [6.07, 6.45) is 1.67. The number of aromatic carboxylic acids is 1. The molecule has 84 valence electrons. The van der Waals surface area contributed by atoms with E-state index in [0.717, 1.165) is 0 Å². The summed E-state index contributed by atoms with van der Waals surface area (Å²) < 4.78 is 1.69. The first-order valence-corrected chi connectivity index (χ1v) is 4.78. The van der Waals surface area contributed by atoms with Crippen molar-refractivity contribution in [1.29, 1.82) is 0 Å². The Labute approximate surface area is 91.7 Å². The maximum atomic E-state index is 11.0. The normalized spacial score (nSPS) is 10.8. The molecule has 0 atom stereocenters. The van der Waals surface area contributed by atoms with Crippen molar-refractivity contribution >= 4 is 17.2 Å². The Hall–Kier alpha value is -2.08. The summed E-state index contributed by atoms with van der Waals surface area (Å²) in [5.74, 6) is -0.410. The van der Waals surface area contributed by atoms with Gasteiger partial charge in [-0.3, -0.25) is 4.40 Å². The quantitative estimate of drug-likeness (QED) is 0.693. The van der Waals surface area contributed by atoms with E-state index in [1.54, 1.807) is 29.8 Å². The lowest BCUT2D eigenvalue weighted by Gasteiger charge is -2.00. The minimum absolute atomic E-state index is 0.0465. The highest BCUT2D eigenvalue weighted by Gasteiger charge is 2.15. The number of hydrogen-bond donors (Lipinski definition) is 3. The van der Waals surface area contributed by atoms with Gasteiger partial charge in [0.25, 0.3) is 0 Å². The van der Waals surface area contributed by atoms with E-state index in [-0.39, 0.29) is 5.69 Å². The molecule has 0 unspecified atom stereocenters. The minimum atomic E-state index is -1.04. The third-order valence-corrected chi connectivity index (χ3v) is 2.27. The summed E-state index contributed by atoms with van der Waals surface area (Å²) >= 11 is 0. The molecule has 6 nitrogen and oxygen atoms in total. The number of aromatic nitrogens is 2. The average Bonchev–Trinajstić information content (AvgIpc) is 2.58. The molecule has 2 heterocycles. The van der Waals surface area contributed by atoms with Gasteiger partial charge in [-0.25, -0.2) is 9.78 Å². The van der Waals surface area contributed by atoms with Gasteiger partial charge in [-0.05, 0) is 19.2 Å². The first-order chi connectivity index (χ1) is 7.63. The van der Waals surface area contributed by atoms with Crippen LogP contribution in [0.2, 0.25) is 0 Å². The number of pyridine rings is 1. The molecule has 0 fully saturated rings. The summed E-state index contributed by atoms with van der Waals surface area (Å²) in [6, 6.07) is 3.32. The second-order valence-electron chi connectivity index (χ2n) is 3.43. The van der Waals surface area contributed by atoms with Crippen LogP contribution in [-0.2, 0) is 6.54 Å². The highest BCUT2D eigenvalue weighted by atomic mass is 16.4. The molecule has 0 aliphatic rings. The molecule has 16 heavy (non-hydrogen) atoms. The second kappa shape index (κ2) is 3.82. The molecule has 0 radical (unpaired) electrons. The van der Waals surface area contributed by atoms with Crippen LogP contribution in [0.25, 0.3) is 5.52 Å². The molecule has 0 bridgehead atoms. The molecule has 0 aromatic carbocycles. The molecule has 4 N–H and O–H groups in total. The Balaban J connectivity index is 2.71. The lowest BCUT2D eigenvalue weighted by atomic mass is 10.3. The minimum Gasteiger partial charge on any atom is -0.476 e. The zero-order valence-electron chi connectivity index (χ0n) is 8.77. The fourth-order valence-corrected chi connectivity index (χ4v) is 1.60. The zero-order chi connectivity index (χ0) is 11.7. The Kier molecular flexibility index (Phi) is 2.49. The number of nitrogens with two attached hydrogens (primary N) is 1. The van der Waals surface area contributed by atoms with E-state index in [9.17, 15) is 4.79 Å². The average molecular weight is 220 g/mol. The van der Waals surface area contributed by atoms with Gasteiger partial charge in [-0.15, -0.1) is 0 Å². The van der Waals surface area contributed by atoms with Gasteiger partial charge in [-0.2, -0.15) is 0 Å². The van der Waals surface area contributed by atoms with Gasteiger partial charge in [0, 0.05) is 11.9 Å². The van der Waals surface area contributed by atoms with E-state index >= 15 is 0 Å². The first-order valence-electron chi connectivity index (χ1n) is 4.78. The Morgan fingerprint density at radius 3 is 3.00 bits per heavy atom. The summed E-state index contributed by atoms with van der Waals surface area (Å²) in [5, 5.41) is 11.9. The predicted octanol–water partition coefficient (Wildman–Crippen LogP) is 0.334. The maximum Gasteiger partial charge on any atom is 0.356 e. The molecular formula is C10H12N4O2. The molecule has 2 rings (SSSR count). The third-order valence-electron chi connectivity index (χ3n) is 2.27. The molecule has 0 aliphatic carbocycles. The Morgan fingerprint density at radius 2 is 2.38 bits per heavy atom.